The normalized spacial score (nSPS) is 20.2. The van der Waals surface area contributed by atoms with Crippen LogP contribution >= 0.6 is 0 Å². The third-order valence-corrected chi connectivity index (χ3v) is 3.85. The van der Waals surface area contributed by atoms with Crippen molar-refractivity contribution in [1.29, 1.82) is 0 Å². The van der Waals surface area contributed by atoms with E-state index in [0.29, 0.717) is 19.4 Å². The highest BCUT2D eigenvalue weighted by atomic mass is 16.5. The summed E-state index contributed by atoms with van der Waals surface area (Å²) in [6, 6.07) is -0.904. The third kappa shape index (κ3) is 3.93. The Labute approximate surface area is 120 Å². The number of carbonyl (C=O) groups is 2. The number of hydrogen-bond donors (Lipinski definition) is 3. The molecule has 0 aromatic rings. The molecule has 1 fully saturated rings. The molecule has 0 spiro atoms. The van der Waals surface area contributed by atoms with Crippen LogP contribution in [0.5, 0.6) is 0 Å². The van der Waals surface area contributed by atoms with Gasteiger partial charge in [0.05, 0.1) is 12.0 Å². The summed E-state index contributed by atoms with van der Waals surface area (Å²) in [6.45, 7) is 7.21. The van der Waals surface area contributed by atoms with Gasteiger partial charge in [-0.25, -0.2) is 4.79 Å². The number of carboxylic acid groups (broad SMARTS) is 1. The first-order valence-electron chi connectivity index (χ1n) is 6.96. The van der Waals surface area contributed by atoms with E-state index in [1.807, 2.05) is 0 Å². The van der Waals surface area contributed by atoms with Crippen molar-refractivity contribution < 1.29 is 19.4 Å². The molecular weight excluding hydrogens is 260 g/mol. The van der Waals surface area contributed by atoms with Gasteiger partial charge in [-0.2, -0.15) is 0 Å². The van der Waals surface area contributed by atoms with Crippen LogP contribution in [0.2, 0.25) is 0 Å². The first-order valence-corrected chi connectivity index (χ1v) is 6.96. The number of ether oxygens (including phenoxy) is 1. The molecular formula is C14H26N2O4. The molecule has 1 aliphatic heterocycles. The minimum absolute atomic E-state index is 0.219. The Morgan fingerprint density at radius 3 is 2.30 bits per heavy atom. The van der Waals surface area contributed by atoms with E-state index in [1.165, 1.54) is 0 Å². The second kappa shape index (κ2) is 6.54. The number of hydrogen-bond acceptors (Lipinski definition) is 4. The standard InChI is InChI=1S/C14H26N2O4/c1-13(2,3)10(11(17)18)16-12(19)14(9-20-4)5-7-15-8-6-14/h10,15H,5-9H2,1-4H3,(H,16,19)(H,17,18). The topological polar surface area (TPSA) is 87.7 Å². The number of rotatable bonds is 5. The molecule has 6 nitrogen and oxygen atoms in total. The summed E-state index contributed by atoms with van der Waals surface area (Å²) in [6.07, 6.45) is 1.31. The highest BCUT2D eigenvalue weighted by Crippen LogP contribution is 2.30. The van der Waals surface area contributed by atoms with Gasteiger partial charge in [0, 0.05) is 7.11 Å². The smallest absolute Gasteiger partial charge is 0.326 e. The highest BCUT2D eigenvalue weighted by molar-refractivity contribution is 5.88. The van der Waals surface area contributed by atoms with E-state index < -0.39 is 22.8 Å². The average Bonchev–Trinajstić information content (AvgIpc) is 2.35. The number of nitrogens with one attached hydrogen (secondary N) is 2. The Morgan fingerprint density at radius 2 is 1.90 bits per heavy atom. The van der Waals surface area contributed by atoms with Gasteiger partial charge in [0.15, 0.2) is 0 Å². The first-order chi connectivity index (χ1) is 9.23. The van der Waals surface area contributed by atoms with Crippen molar-refractivity contribution in [2.45, 2.75) is 39.7 Å². The van der Waals surface area contributed by atoms with Gasteiger partial charge in [-0.05, 0) is 31.3 Å². The van der Waals surface area contributed by atoms with Crippen LogP contribution in [0.4, 0.5) is 0 Å². The molecule has 1 unspecified atom stereocenters. The zero-order valence-corrected chi connectivity index (χ0v) is 12.8. The summed E-state index contributed by atoms with van der Waals surface area (Å²) >= 11 is 0. The van der Waals surface area contributed by atoms with Crippen LogP contribution in [-0.4, -0.2) is 49.8 Å². The zero-order chi connectivity index (χ0) is 15.4. The molecule has 0 radical (unpaired) electrons. The maximum absolute atomic E-state index is 12.6. The van der Waals surface area contributed by atoms with Gasteiger partial charge in [0.2, 0.25) is 5.91 Å². The fourth-order valence-electron chi connectivity index (χ4n) is 2.55. The van der Waals surface area contributed by atoms with Crippen molar-refractivity contribution in [2.75, 3.05) is 26.8 Å². The van der Waals surface area contributed by atoms with Crippen LogP contribution < -0.4 is 10.6 Å². The molecule has 1 saturated heterocycles. The monoisotopic (exact) mass is 286 g/mol. The van der Waals surface area contributed by atoms with Crippen LogP contribution in [0, 0.1) is 10.8 Å². The summed E-state index contributed by atoms with van der Waals surface area (Å²) in [7, 11) is 1.56. The second-order valence-corrected chi connectivity index (χ2v) is 6.57. The summed E-state index contributed by atoms with van der Waals surface area (Å²) in [5, 5.41) is 15.2. The van der Waals surface area contributed by atoms with E-state index in [1.54, 1.807) is 27.9 Å². The largest absolute Gasteiger partial charge is 0.480 e. The molecule has 1 rings (SSSR count). The van der Waals surface area contributed by atoms with Crippen LogP contribution in [0.15, 0.2) is 0 Å². The number of amides is 1. The zero-order valence-electron chi connectivity index (χ0n) is 12.8. The predicted molar refractivity (Wildman–Crippen MR) is 75.4 cm³/mol. The molecule has 1 heterocycles. The molecule has 0 aromatic heterocycles. The molecule has 20 heavy (non-hydrogen) atoms. The lowest BCUT2D eigenvalue weighted by Crippen LogP contribution is -2.57. The molecule has 1 aliphatic rings. The quantitative estimate of drug-likeness (QED) is 0.689. The SMILES string of the molecule is COCC1(C(=O)NC(C(=O)O)C(C)(C)C)CCNCC1. The minimum atomic E-state index is -1.01. The van der Waals surface area contributed by atoms with Crippen LogP contribution in [0.3, 0.4) is 0 Å². The van der Waals surface area contributed by atoms with Crippen LogP contribution in [-0.2, 0) is 14.3 Å². The Kier molecular flexibility index (Phi) is 5.53. The van der Waals surface area contributed by atoms with Gasteiger partial charge in [-0.1, -0.05) is 20.8 Å². The lowest BCUT2D eigenvalue weighted by molar-refractivity contribution is -0.148. The van der Waals surface area contributed by atoms with Gasteiger partial charge >= 0.3 is 5.97 Å². The Balaban J connectivity index is 2.87. The molecule has 0 saturated carbocycles. The van der Waals surface area contributed by atoms with Gasteiger partial charge in [-0.15, -0.1) is 0 Å². The van der Waals surface area contributed by atoms with Gasteiger partial charge in [0.25, 0.3) is 0 Å². The van der Waals surface area contributed by atoms with Crippen molar-refractivity contribution in [3.8, 4) is 0 Å². The minimum Gasteiger partial charge on any atom is -0.480 e. The third-order valence-electron chi connectivity index (χ3n) is 3.85. The fourth-order valence-corrected chi connectivity index (χ4v) is 2.55. The molecule has 0 aliphatic carbocycles. The Morgan fingerprint density at radius 1 is 1.35 bits per heavy atom. The number of methoxy groups -OCH3 is 1. The maximum atomic E-state index is 12.6. The maximum Gasteiger partial charge on any atom is 0.326 e. The van der Waals surface area contributed by atoms with Gasteiger partial charge in [0.1, 0.15) is 6.04 Å². The van der Waals surface area contributed by atoms with Gasteiger partial charge in [-0.3, -0.25) is 4.79 Å². The van der Waals surface area contributed by atoms with Crippen LogP contribution in [0.25, 0.3) is 0 Å². The van der Waals surface area contributed by atoms with Crippen molar-refractivity contribution in [2.24, 2.45) is 10.8 Å². The lowest BCUT2D eigenvalue weighted by Gasteiger charge is -2.38. The van der Waals surface area contributed by atoms with Crippen molar-refractivity contribution in [1.82, 2.24) is 10.6 Å². The fraction of sp³-hybridized carbons (Fsp3) is 0.857. The summed E-state index contributed by atoms with van der Waals surface area (Å²) in [5.41, 5.74) is -1.17. The van der Waals surface area contributed by atoms with E-state index in [-0.39, 0.29) is 5.91 Å². The molecule has 3 N–H and O–H groups in total. The summed E-state index contributed by atoms with van der Waals surface area (Å²) < 4.78 is 5.20. The van der Waals surface area contributed by atoms with Crippen LogP contribution in [0.1, 0.15) is 33.6 Å². The molecule has 0 bridgehead atoms. The number of piperidine rings is 1. The Bertz CT molecular complexity index is 351. The van der Waals surface area contributed by atoms with E-state index in [2.05, 4.69) is 10.6 Å². The van der Waals surface area contributed by atoms with Crippen molar-refractivity contribution in [3.63, 3.8) is 0 Å². The molecule has 1 atom stereocenters. The molecule has 6 heteroatoms. The lowest BCUT2D eigenvalue weighted by atomic mass is 9.77. The van der Waals surface area contributed by atoms with Crippen molar-refractivity contribution in [3.05, 3.63) is 0 Å². The molecule has 0 aromatic carbocycles. The van der Waals surface area contributed by atoms with E-state index >= 15 is 0 Å². The average molecular weight is 286 g/mol. The first kappa shape index (κ1) is 16.9. The second-order valence-electron chi connectivity index (χ2n) is 6.57. The van der Waals surface area contributed by atoms with Gasteiger partial charge < -0.3 is 20.5 Å². The van der Waals surface area contributed by atoms with E-state index in [0.717, 1.165) is 13.1 Å². The summed E-state index contributed by atoms with van der Waals surface area (Å²) in [5.74, 6) is -1.23. The van der Waals surface area contributed by atoms with E-state index in [4.69, 9.17) is 4.74 Å². The molecule has 116 valence electrons. The summed E-state index contributed by atoms with van der Waals surface area (Å²) in [4.78, 5) is 24.0. The van der Waals surface area contributed by atoms with E-state index in [9.17, 15) is 14.7 Å². The number of aliphatic carboxylic acids is 1. The number of carbonyl (C=O) groups excluding carboxylic acids is 1. The number of carboxylic acids is 1. The predicted octanol–water partition coefficient (Wildman–Crippen LogP) is 0.618. The van der Waals surface area contributed by atoms with Crippen molar-refractivity contribution >= 4 is 11.9 Å². The highest BCUT2D eigenvalue weighted by Gasteiger charge is 2.43. The Hall–Kier alpha value is -1.14. The molecule has 1 amide bonds.